The maximum Gasteiger partial charge on any atom is 0.308 e. The molecule has 0 fully saturated rings. The molecule has 7 heteroatoms. The van der Waals surface area contributed by atoms with Gasteiger partial charge in [0.25, 0.3) is 5.91 Å². The van der Waals surface area contributed by atoms with Crippen molar-refractivity contribution in [2.75, 3.05) is 7.11 Å². The van der Waals surface area contributed by atoms with Crippen molar-refractivity contribution >= 4 is 40.7 Å². The summed E-state index contributed by atoms with van der Waals surface area (Å²) < 4.78 is 11.0. The van der Waals surface area contributed by atoms with Gasteiger partial charge in [-0.3, -0.25) is 9.59 Å². The van der Waals surface area contributed by atoms with Crippen molar-refractivity contribution in [1.82, 2.24) is 5.43 Å². The molecule has 2 aromatic carbocycles. The van der Waals surface area contributed by atoms with Crippen LogP contribution in [-0.2, 0) is 4.79 Å². The zero-order valence-electron chi connectivity index (χ0n) is 13.1. The molecular formula is C17H15IN2O4. The van der Waals surface area contributed by atoms with E-state index in [1.54, 1.807) is 30.3 Å². The minimum atomic E-state index is -0.431. The number of benzene rings is 2. The molecule has 124 valence electrons. The number of carbonyl (C=O) groups is 2. The second-order valence-corrected chi connectivity index (χ2v) is 5.85. The average Bonchev–Trinajstić information content (AvgIpc) is 2.56. The van der Waals surface area contributed by atoms with Crippen LogP contribution in [0.1, 0.15) is 22.8 Å². The highest BCUT2D eigenvalue weighted by atomic mass is 127. The Hall–Kier alpha value is -2.42. The van der Waals surface area contributed by atoms with E-state index in [4.69, 9.17) is 9.47 Å². The van der Waals surface area contributed by atoms with Crippen molar-refractivity contribution in [1.29, 1.82) is 0 Å². The Morgan fingerprint density at radius 3 is 2.58 bits per heavy atom. The molecule has 6 nitrogen and oxygen atoms in total. The molecule has 0 bridgehead atoms. The van der Waals surface area contributed by atoms with E-state index in [-0.39, 0.29) is 5.91 Å². The van der Waals surface area contributed by atoms with E-state index >= 15 is 0 Å². The Labute approximate surface area is 153 Å². The van der Waals surface area contributed by atoms with Crippen molar-refractivity contribution in [3.05, 3.63) is 57.2 Å². The number of halogens is 1. The quantitative estimate of drug-likeness (QED) is 0.256. The number of esters is 1. The minimum absolute atomic E-state index is 0.292. The van der Waals surface area contributed by atoms with Gasteiger partial charge in [0.2, 0.25) is 0 Å². The van der Waals surface area contributed by atoms with Gasteiger partial charge in [-0.25, -0.2) is 5.43 Å². The predicted molar refractivity (Wildman–Crippen MR) is 98.5 cm³/mol. The number of hydrogen-bond donors (Lipinski definition) is 1. The lowest BCUT2D eigenvalue weighted by molar-refractivity contribution is -0.132. The van der Waals surface area contributed by atoms with Crippen LogP contribution in [-0.4, -0.2) is 25.2 Å². The summed E-state index contributed by atoms with van der Waals surface area (Å²) in [5, 5.41) is 3.93. The number of nitrogens with zero attached hydrogens (tertiary/aromatic N) is 1. The van der Waals surface area contributed by atoms with Crippen LogP contribution in [0, 0.1) is 3.57 Å². The van der Waals surface area contributed by atoms with E-state index in [1.165, 1.54) is 20.2 Å². The van der Waals surface area contributed by atoms with Crippen LogP contribution in [0.2, 0.25) is 0 Å². The molecule has 1 N–H and O–H groups in total. The molecule has 0 aliphatic carbocycles. The van der Waals surface area contributed by atoms with E-state index in [0.717, 1.165) is 3.57 Å². The number of amides is 1. The van der Waals surface area contributed by atoms with Gasteiger partial charge in [0.1, 0.15) is 0 Å². The molecule has 0 radical (unpaired) electrons. The van der Waals surface area contributed by atoms with E-state index < -0.39 is 5.97 Å². The molecule has 0 atom stereocenters. The largest absolute Gasteiger partial charge is 0.493 e. The zero-order valence-corrected chi connectivity index (χ0v) is 15.2. The fraction of sp³-hybridized carbons (Fsp3) is 0.118. The summed E-state index contributed by atoms with van der Waals surface area (Å²) in [7, 11) is 1.47. The van der Waals surface area contributed by atoms with Crippen molar-refractivity contribution in [2.45, 2.75) is 6.92 Å². The van der Waals surface area contributed by atoms with Gasteiger partial charge in [0.05, 0.1) is 18.9 Å². The van der Waals surface area contributed by atoms with Crippen LogP contribution in [0.4, 0.5) is 0 Å². The summed E-state index contributed by atoms with van der Waals surface area (Å²) in [6.45, 7) is 1.31. The molecule has 0 heterocycles. The van der Waals surface area contributed by atoms with Gasteiger partial charge in [0.15, 0.2) is 11.5 Å². The summed E-state index contributed by atoms with van der Waals surface area (Å²) in [6, 6.07) is 12.2. The SMILES string of the molecule is COc1cc(C=NNC(=O)c2ccccc2I)ccc1OC(C)=O. The smallest absolute Gasteiger partial charge is 0.308 e. The third-order valence-corrected chi connectivity index (χ3v) is 3.88. The second kappa shape index (κ2) is 8.44. The molecule has 0 saturated heterocycles. The number of ether oxygens (including phenoxy) is 2. The first kappa shape index (κ1) is 17.9. The van der Waals surface area contributed by atoms with Crippen LogP contribution < -0.4 is 14.9 Å². The average molecular weight is 438 g/mol. The molecular weight excluding hydrogens is 423 g/mol. The van der Waals surface area contributed by atoms with Crippen molar-refractivity contribution in [2.24, 2.45) is 5.10 Å². The van der Waals surface area contributed by atoms with Gasteiger partial charge in [-0.1, -0.05) is 12.1 Å². The van der Waals surface area contributed by atoms with E-state index in [0.29, 0.717) is 22.6 Å². The third-order valence-electron chi connectivity index (χ3n) is 2.94. The van der Waals surface area contributed by atoms with Crippen molar-refractivity contribution < 1.29 is 19.1 Å². The summed E-state index contributed by atoms with van der Waals surface area (Å²) >= 11 is 2.09. The Balaban J connectivity index is 2.08. The van der Waals surface area contributed by atoms with Gasteiger partial charge >= 0.3 is 5.97 Å². The van der Waals surface area contributed by atoms with Crippen molar-refractivity contribution in [3.63, 3.8) is 0 Å². The highest BCUT2D eigenvalue weighted by molar-refractivity contribution is 14.1. The number of rotatable bonds is 5. The van der Waals surface area contributed by atoms with Crippen LogP contribution in [0.25, 0.3) is 0 Å². The first-order valence-electron chi connectivity index (χ1n) is 6.95. The van der Waals surface area contributed by atoms with Crippen LogP contribution >= 0.6 is 22.6 Å². The Morgan fingerprint density at radius 1 is 1.17 bits per heavy atom. The van der Waals surface area contributed by atoms with Gasteiger partial charge in [-0.05, 0) is 58.5 Å². The molecule has 2 aromatic rings. The fourth-order valence-electron chi connectivity index (χ4n) is 1.87. The second-order valence-electron chi connectivity index (χ2n) is 4.68. The van der Waals surface area contributed by atoms with Gasteiger partial charge in [-0.2, -0.15) is 5.10 Å². The van der Waals surface area contributed by atoms with Crippen molar-refractivity contribution in [3.8, 4) is 11.5 Å². The molecule has 0 aromatic heterocycles. The topological polar surface area (TPSA) is 77.0 Å². The number of nitrogens with one attached hydrogen (secondary N) is 1. The highest BCUT2D eigenvalue weighted by Gasteiger charge is 2.09. The maximum absolute atomic E-state index is 12.0. The van der Waals surface area contributed by atoms with Gasteiger partial charge < -0.3 is 9.47 Å². The first-order valence-corrected chi connectivity index (χ1v) is 8.03. The highest BCUT2D eigenvalue weighted by Crippen LogP contribution is 2.27. The Kier molecular flexibility index (Phi) is 6.30. The molecule has 0 aliphatic heterocycles. The summed E-state index contributed by atoms with van der Waals surface area (Å²) in [4.78, 5) is 23.1. The number of hydrogen-bond acceptors (Lipinski definition) is 5. The normalized spacial score (nSPS) is 10.5. The Morgan fingerprint density at radius 2 is 1.92 bits per heavy atom. The monoisotopic (exact) mass is 438 g/mol. The predicted octanol–water partition coefficient (Wildman–Crippen LogP) is 2.99. The number of methoxy groups -OCH3 is 1. The summed E-state index contributed by atoms with van der Waals surface area (Å²) in [5.41, 5.74) is 3.71. The van der Waals surface area contributed by atoms with Gasteiger partial charge in [0, 0.05) is 10.5 Å². The molecule has 0 saturated carbocycles. The van der Waals surface area contributed by atoms with Crippen LogP contribution in [0.3, 0.4) is 0 Å². The molecule has 1 amide bonds. The fourth-order valence-corrected chi connectivity index (χ4v) is 2.51. The number of carbonyl (C=O) groups excluding carboxylic acids is 2. The minimum Gasteiger partial charge on any atom is -0.493 e. The summed E-state index contributed by atoms with van der Waals surface area (Å²) in [5.74, 6) is 0.00213. The molecule has 0 spiro atoms. The molecule has 2 rings (SSSR count). The van der Waals surface area contributed by atoms with E-state index in [1.807, 2.05) is 12.1 Å². The van der Waals surface area contributed by atoms with E-state index in [9.17, 15) is 9.59 Å². The van der Waals surface area contributed by atoms with E-state index in [2.05, 4.69) is 33.1 Å². The lowest BCUT2D eigenvalue weighted by Crippen LogP contribution is -2.18. The molecule has 24 heavy (non-hydrogen) atoms. The third kappa shape index (κ3) is 4.79. The van der Waals surface area contributed by atoms with Crippen LogP contribution in [0.15, 0.2) is 47.6 Å². The molecule has 0 unspecified atom stereocenters. The Bertz CT molecular complexity index is 790. The number of hydrazone groups is 1. The first-order chi connectivity index (χ1) is 11.5. The summed E-state index contributed by atoms with van der Waals surface area (Å²) in [6.07, 6.45) is 1.48. The maximum atomic E-state index is 12.0. The van der Waals surface area contributed by atoms with Crippen LogP contribution in [0.5, 0.6) is 11.5 Å². The van der Waals surface area contributed by atoms with Gasteiger partial charge in [-0.15, -0.1) is 0 Å². The lowest BCUT2D eigenvalue weighted by Gasteiger charge is -2.08. The zero-order chi connectivity index (χ0) is 17.5. The standard InChI is InChI=1S/C17H15IN2O4/c1-11(21)24-15-8-7-12(9-16(15)23-2)10-19-20-17(22)13-5-3-4-6-14(13)18/h3-10H,1-2H3,(H,20,22). The lowest BCUT2D eigenvalue weighted by atomic mass is 10.2. The molecule has 0 aliphatic rings.